The van der Waals surface area contributed by atoms with Crippen molar-refractivity contribution >= 4 is 54.1 Å². The molecule has 39 heavy (non-hydrogen) atoms. The maximum atomic E-state index is 2.37. The highest BCUT2D eigenvalue weighted by Crippen LogP contribution is 2.38. The molecule has 0 radical (unpaired) electrons. The molecule has 1 aromatic heterocycles. The van der Waals surface area contributed by atoms with E-state index in [9.17, 15) is 0 Å². The second-order valence-electron chi connectivity index (χ2n) is 10.7. The number of nitrogens with zero attached hydrogens (tertiary/aromatic N) is 1. The Morgan fingerprint density at radius 1 is 0.359 bits per heavy atom. The van der Waals surface area contributed by atoms with Crippen molar-refractivity contribution in [1.82, 2.24) is 4.57 Å². The number of benzene rings is 7. The Labute approximate surface area is 227 Å². The van der Waals surface area contributed by atoms with Gasteiger partial charge in [0.05, 0.1) is 0 Å². The third-order valence-corrected chi connectivity index (χ3v) is 8.43. The van der Waals surface area contributed by atoms with Crippen LogP contribution in [-0.4, -0.2) is 4.57 Å². The van der Waals surface area contributed by atoms with Crippen LogP contribution in [0.15, 0.2) is 127 Å². The second kappa shape index (κ2) is 8.31. The number of rotatable bonds is 2. The molecule has 0 aliphatic rings. The molecule has 1 heteroatoms. The fraction of sp³-hybridized carbons (Fsp3) is 0.0526. The van der Waals surface area contributed by atoms with E-state index in [1.807, 2.05) is 0 Å². The van der Waals surface area contributed by atoms with Crippen molar-refractivity contribution < 1.29 is 0 Å². The molecule has 1 heterocycles. The third-order valence-electron chi connectivity index (χ3n) is 8.43. The molecule has 0 bridgehead atoms. The quantitative estimate of drug-likeness (QED) is 0.209. The summed E-state index contributed by atoms with van der Waals surface area (Å²) in [7, 11) is 2.16. The van der Waals surface area contributed by atoms with E-state index in [1.54, 1.807) is 0 Å². The molecule has 0 saturated heterocycles. The van der Waals surface area contributed by atoms with Crippen molar-refractivity contribution in [3.63, 3.8) is 0 Å². The Morgan fingerprint density at radius 3 is 1.46 bits per heavy atom. The molecule has 0 unspecified atom stereocenters. The van der Waals surface area contributed by atoms with Crippen LogP contribution in [0, 0.1) is 6.92 Å². The zero-order valence-corrected chi connectivity index (χ0v) is 22.1. The van der Waals surface area contributed by atoms with E-state index < -0.39 is 0 Å². The Morgan fingerprint density at radius 2 is 0.821 bits per heavy atom. The van der Waals surface area contributed by atoms with Crippen LogP contribution in [0.4, 0.5) is 0 Å². The molecule has 0 spiro atoms. The van der Waals surface area contributed by atoms with Gasteiger partial charge in [0.2, 0.25) is 0 Å². The molecular formula is C38H27N. The Balaban J connectivity index is 1.30. The van der Waals surface area contributed by atoms with Gasteiger partial charge in [-0.05, 0) is 97.9 Å². The Hall–Kier alpha value is -4.88. The van der Waals surface area contributed by atoms with Gasteiger partial charge in [-0.25, -0.2) is 0 Å². The summed E-state index contributed by atoms with van der Waals surface area (Å²) in [5.41, 5.74) is 8.80. The number of hydrogen-bond donors (Lipinski definition) is 0. The summed E-state index contributed by atoms with van der Waals surface area (Å²) >= 11 is 0. The van der Waals surface area contributed by atoms with E-state index in [1.165, 1.54) is 81.9 Å². The van der Waals surface area contributed by atoms with E-state index in [4.69, 9.17) is 0 Å². The summed E-state index contributed by atoms with van der Waals surface area (Å²) < 4.78 is 2.30. The van der Waals surface area contributed by atoms with Gasteiger partial charge in [0.25, 0.3) is 0 Å². The molecule has 0 aliphatic carbocycles. The summed E-state index contributed by atoms with van der Waals surface area (Å²) in [6, 6.07) is 47.1. The summed E-state index contributed by atoms with van der Waals surface area (Å²) in [4.78, 5) is 0. The SMILES string of the molecule is Cc1ccc2c(c1)c1cc(-c3cccc(-c4ccc5c6ccccc6c6ccccc6c5c4)c3)ccc1n2C. The van der Waals surface area contributed by atoms with Crippen LogP contribution in [0.3, 0.4) is 0 Å². The first-order chi connectivity index (χ1) is 19.2. The summed E-state index contributed by atoms with van der Waals surface area (Å²) in [5.74, 6) is 0. The van der Waals surface area contributed by atoms with E-state index in [0.29, 0.717) is 0 Å². The zero-order chi connectivity index (χ0) is 26.1. The van der Waals surface area contributed by atoms with Crippen LogP contribution in [-0.2, 0) is 7.05 Å². The largest absolute Gasteiger partial charge is 0.344 e. The van der Waals surface area contributed by atoms with Crippen molar-refractivity contribution in [3.8, 4) is 22.3 Å². The molecule has 8 rings (SSSR count). The van der Waals surface area contributed by atoms with Crippen molar-refractivity contribution in [2.75, 3.05) is 0 Å². The highest BCUT2D eigenvalue weighted by atomic mass is 14.9. The number of fused-ring (bicyclic) bond motifs is 9. The first kappa shape index (κ1) is 22.1. The van der Waals surface area contributed by atoms with Crippen LogP contribution < -0.4 is 0 Å². The summed E-state index contributed by atoms with van der Waals surface area (Å²) in [6.45, 7) is 2.17. The Kier molecular flexibility index (Phi) is 4.72. The molecule has 184 valence electrons. The van der Waals surface area contributed by atoms with Crippen molar-refractivity contribution in [3.05, 3.63) is 133 Å². The fourth-order valence-corrected chi connectivity index (χ4v) is 6.48. The standard InChI is InChI=1S/C38H27N/c1-24-14-18-37-35(20-24)36-23-28(16-19-38(36)39(37)2)26-9-7-8-25(21-26)27-15-17-33-31-12-4-3-10-29(31)30-11-5-6-13-32(30)34(33)22-27/h3-23H,1-2H3. The van der Waals surface area contributed by atoms with Gasteiger partial charge in [-0.3, -0.25) is 0 Å². The third kappa shape index (κ3) is 3.33. The van der Waals surface area contributed by atoms with E-state index >= 15 is 0 Å². The number of aryl methyl sites for hydroxylation is 2. The van der Waals surface area contributed by atoms with E-state index in [0.717, 1.165) is 0 Å². The maximum absolute atomic E-state index is 2.37. The first-order valence-corrected chi connectivity index (χ1v) is 13.6. The average molecular weight is 498 g/mol. The lowest BCUT2D eigenvalue weighted by Crippen LogP contribution is -1.87. The lowest BCUT2D eigenvalue weighted by Gasteiger charge is -2.12. The average Bonchev–Trinajstić information content (AvgIpc) is 3.27. The van der Waals surface area contributed by atoms with Gasteiger partial charge in [-0.2, -0.15) is 0 Å². The smallest absolute Gasteiger partial charge is 0.0489 e. The summed E-state index contributed by atoms with van der Waals surface area (Å²) in [5, 5.41) is 10.5. The van der Waals surface area contributed by atoms with Gasteiger partial charge in [0, 0.05) is 28.9 Å². The summed E-state index contributed by atoms with van der Waals surface area (Å²) in [6.07, 6.45) is 0. The van der Waals surface area contributed by atoms with Crippen molar-refractivity contribution in [2.45, 2.75) is 6.92 Å². The van der Waals surface area contributed by atoms with Crippen LogP contribution in [0.1, 0.15) is 5.56 Å². The zero-order valence-electron chi connectivity index (χ0n) is 22.1. The predicted octanol–water partition coefficient (Wildman–Crippen LogP) is 10.4. The highest BCUT2D eigenvalue weighted by molar-refractivity contribution is 6.25. The van der Waals surface area contributed by atoms with Gasteiger partial charge < -0.3 is 4.57 Å². The maximum Gasteiger partial charge on any atom is 0.0489 e. The molecule has 0 atom stereocenters. The molecule has 1 nitrogen and oxygen atoms in total. The minimum Gasteiger partial charge on any atom is -0.344 e. The fourth-order valence-electron chi connectivity index (χ4n) is 6.48. The molecular weight excluding hydrogens is 470 g/mol. The molecule has 8 aromatic rings. The van der Waals surface area contributed by atoms with E-state index in [-0.39, 0.29) is 0 Å². The molecule has 0 aliphatic heterocycles. The lowest BCUT2D eigenvalue weighted by atomic mass is 9.91. The number of hydrogen-bond acceptors (Lipinski definition) is 0. The lowest BCUT2D eigenvalue weighted by molar-refractivity contribution is 1.01. The first-order valence-electron chi connectivity index (χ1n) is 13.6. The molecule has 7 aromatic carbocycles. The molecule has 0 saturated carbocycles. The van der Waals surface area contributed by atoms with Crippen LogP contribution in [0.5, 0.6) is 0 Å². The van der Waals surface area contributed by atoms with Crippen LogP contribution in [0.25, 0.3) is 76.4 Å². The molecule has 0 amide bonds. The van der Waals surface area contributed by atoms with Crippen LogP contribution >= 0.6 is 0 Å². The Bertz CT molecular complexity index is 2210. The van der Waals surface area contributed by atoms with E-state index in [2.05, 4.69) is 146 Å². The van der Waals surface area contributed by atoms with Crippen molar-refractivity contribution in [1.29, 1.82) is 0 Å². The minimum absolute atomic E-state index is 1.24. The molecule has 0 N–H and O–H groups in total. The number of aromatic nitrogens is 1. The monoisotopic (exact) mass is 497 g/mol. The minimum atomic E-state index is 1.24. The molecule has 0 fully saturated rings. The second-order valence-corrected chi connectivity index (χ2v) is 10.7. The highest BCUT2D eigenvalue weighted by Gasteiger charge is 2.12. The topological polar surface area (TPSA) is 4.93 Å². The van der Waals surface area contributed by atoms with Crippen LogP contribution in [0.2, 0.25) is 0 Å². The van der Waals surface area contributed by atoms with Gasteiger partial charge >= 0.3 is 0 Å². The predicted molar refractivity (Wildman–Crippen MR) is 169 cm³/mol. The van der Waals surface area contributed by atoms with Crippen molar-refractivity contribution in [2.24, 2.45) is 7.05 Å². The normalized spacial score (nSPS) is 11.8. The van der Waals surface area contributed by atoms with Gasteiger partial charge in [0.15, 0.2) is 0 Å². The van der Waals surface area contributed by atoms with Gasteiger partial charge in [-0.15, -0.1) is 0 Å². The van der Waals surface area contributed by atoms with Gasteiger partial charge in [0.1, 0.15) is 0 Å². The van der Waals surface area contributed by atoms with Gasteiger partial charge in [-0.1, -0.05) is 96.6 Å².